The molecule has 0 spiro atoms. The molecule has 18 aromatic carbocycles. The van der Waals surface area contributed by atoms with E-state index >= 15 is 0 Å². The van der Waals surface area contributed by atoms with Crippen LogP contribution in [0.15, 0.2) is 317 Å². The van der Waals surface area contributed by atoms with E-state index in [0.717, 1.165) is 60.6 Å². The number of nitrogens with zero attached hydrogens (tertiary/aromatic N) is 1. The SMILES string of the molecule is Brc1ccc2c3ccccc3c3ccccc3c2c1.c1ccc2c(c1)-c1cccc3c1c-2cc1c2c4oc5ccccc5c4ccc2n(-c2ccc4c5ccccc5c5ccccc5c4c2)c31.c1ccc2c(c1)-c1cccc3c4c(cc-2c13)-c1c(ccc2c1oc1ccccc12)C4. The third-order valence-corrected chi connectivity index (χ3v) is 22.1. The van der Waals surface area contributed by atoms with E-state index in [0.29, 0.717) is 0 Å². The van der Waals surface area contributed by atoms with E-state index in [9.17, 15) is 0 Å². The van der Waals surface area contributed by atoms with Gasteiger partial charge in [0.25, 0.3) is 0 Å². The van der Waals surface area contributed by atoms with E-state index in [2.05, 4.69) is 318 Å². The summed E-state index contributed by atoms with van der Waals surface area (Å²) >= 11 is 3.58. The molecule has 3 aliphatic carbocycles. The monoisotopic (exact) mass is 1290 g/mol. The average Bonchev–Trinajstić information content (AvgIpc) is 1.53. The maximum Gasteiger partial charge on any atom is 0.145 e. The van der Waals surface area contributed by atoms with E-state index in [1.807, 2.05) is 6.07 Å². The molecular formula is C93H52BrNO2. The predicted molar refractivity (Wildman–Crippen MR) is 413 cm³/mol. The molecule has 0 radical (unpaired) electrons. The molecule has 0 saturated carbocycles. The molecule has 97 heavy (non-hydrogen) atoms. The first-order valence-corrected chi connectivity index (χ1v) is 34.2. The number of fused-ring (bicyclic) bond motifs is 34. The summed E-state index contributed by atoms with van der Waals surface area (Å²) in [4.78, 5) is 0. The lowest BCUT2D eigenvalue weighted by Crippen LogP contribution is -1.95. The number of aromatic nitrogens is 1. The first kappa shape index (κ1) is 53.3. The summed E-state index contributed by atoms with van der Waals surface area (Å²) in [6.45, 7) is 0. The van der Waals surface area contributed by atoms with Crippen LogP contribution in [-0.4, -0.2) is 4.57 Å². The van der Waals surface area contributed by atoms with Crippen LogP contribution in [0.25, 0.3) is 213 Å². The van der Waals surface area contributed by atoms with Gasteiger partial charge in [0.05, 0.1) is 16.4 Å². The van der Waals surface area contributed by atoms with Crippen LogP contribution in [0.3, 0.4) is 0 Å². The summed E-state index contributed by atoms with van der Waals surface area (Å²) in [5.41, 5.74) is 23.4. The highest BCUT2D eigenvalue weighted by Crippen LogP contribution is 2.56. The van der Waals surface area contributed by atoms with Gasteiger partial charge in [0.2, 0.25) is 0 Å². The van der Waals surface area contributed by atoms with Crippen molar-refractivity contribution in [2.24, 2.45) is 0 Å². The van der Waals surface area contributed by atoms with Crippen molar-refractivity contribution in [2.75, 3.05) is 0 Å². The minimum atomic E-state index is 0.919. The number of benzene rings is 18. The zero-order valence-corrected chi connectivity index (χ0v) is 53.8. The van der Waals surface area contributed by atoms with Crippen molar-refractivity contribution < 1.29 is 8.83 Å². The number of furan rings is 2. The van der Waals surface area contributed by atoms with E-state index in [4.69, 9.17) is 8.83 Å². The third kappa shape index (κ3) is 7.40. The second-order valence-corrected chi connectivity index (χ2v) is 27.4. The molecule has 0 saturated heterocycles. The van der Waals surface area contributed by atoms with Crippen molar-refractivity contribution in [3.05, 3.63) is 319 Å². The van der Waals surface area contributed by atoms with Crippen molar-refractivity contribution in [1.29, 1.82) is 0 Å². The summed E-state index contributed by atoms with van der Waals surface area (Å²) in [7, 11) is 0. The maximum atomic E-state index is 6.75. The highest BCUT2D eigenvalue weighted by Gasteiger charge is 2.32. The molecule has 21 aromatic rings. The average molecular weight is 1300 g/mol. The van der Waals surface area contributed by atoms with Gasteiger partial charge in [-0.1, -0.05) is 259 Å². The fourth-order valence-electron chi connectivity index (χ4n) is 17.6. The molecular weight excluding hydrogens is 1240 g/mol. The van der Waals surface area contributed by atoms with Gasteiger partial charge in [-0.2, -0.15) is 0 Å². The Morgan fingerprint density at radius 3 is 1.26 bits per heavy atom. The second kappa shape index (κ2) is 20.0. The molecule has 0 fully saturated rings. The minimum Gasteiger partial charge on any atom is -0.455 e. The molecule has 4 heteroatoms. The Morgan fingerprint density at radius 1 is 0.258 bits per heavy atom. The molecule has 0 N–H and O–H groups in total. The highest BCUT2D eigenvalue weighted by atomic mass is 79.9. The van der Waals surface area contributed by atoms with Crippen LogP contribution >= 0.6 is 15.9 Å². The Hall–Kier alpha value is -12.1. The molecule has 3 nitrogen and oxygen atoms in total. The van der Waals surface area contributed by atoms with Crippen molar-refractivity contribution >= 4 is 168 Å². The van der Waals surface area contributed by atoms with Crippen LogP contribution in [0.4, 0.5) is 0 Å². The third-order valence-electron chi connectivity index (χ3n) is 21.6. The van der Waals surface area contributed by atoms with Gasteiger partial charge in [-0.3, -0.25) is 0 Å². The van der Waals surface area contributed by atoms with Gasteiger partial charge in [0, 0.05) is 48.0 Å². The fourth-order valence-corrected chi connectivity index (χ4v) is 18.0. The number of halogens is 1. The van der Waals surface area contributed by atoms with Gasteiger partial charge in [-0.05, 0) is 209 Å². The van der Waals surface area contributed by atoms with Crippen LogP contribution in [0, 0.1) is 0 Å². The van der Waals surface area contributed by atoms with Gasteiger partial charge in [-0.15, -0.1) is 0 Å². The predicted octanol–water partition coefficient (Wildman–Crippen LogP) is 26.8. The van der Waals surface area contributed by atoms with E-state index < -0.39 is 0 Å². The second-order valence-electron chi connectivity index (χ2n) is 26.4. The van der Waals surface area contributed by atoms with Crippen LogP contribution in [0.2, 0.25) is 0 Å². The summed E-state index contributed by atoms with van der Waals surface area (Å²) in [5.74, 6) is 0. The largest absolute Gasteiger partial charge is 0.455 e. The number of hydrogen-bond donors (Lipinski definition) is 0. The van der Waals surface area contributed by atoms with Crippen LogP contribution < -0.4 is 0 Å². The van der Waals surface area contributed by atoms with Crippen LogP contribution in [-0.2, 0) is 6.42 Å². The molecule has 0 aliphatic heterocycles. The van der Waals surface area contributed by atoms with E-state index in [1.54, 1.807) is 0 Å². The summed E-state index contributed by atoms with van der Waals surface area (Å²) in [6, 6.07) is 110. The van der Waals surface area contributed by atoms with Crippen molar-refractivity contribution in [3.8, 4) is 61.3 Å². The topological polar surface area (TPSA) is 31.2 Å². The Kier molecular flexibility index (Phi) is 11.0. The zero-order chi connectivity index (χ0) is 63.3. The van der Waals surface area contributed by atoms with Gasteiger partial charge in [0.15, 0.2) is 0 Å². The molecule has 448 valence electrons. The van der Waals surface area contributed by atoms with Crippen molar-refractivity contribution in [2.45, 2.75) is 6.42 Å². The number of para-hydroxylation sites is 2. The Bertz CT molecular complexity index is 7050. The molecule has 3 aromatic heterocycles. The van der Waals surface area contributed by atoms with Crippen LogP contribution in [0.1, 0.15) is 11.1 Å². The van der Waals surface area contributed by atoms with Crippen molar-refractivity contribution in [1.82, 2.24) is 4.57 Å². The smallest absolute Gasteiger partial charge is 0.145 e. The number of rotatable bonds is 1. The maximum absolute atomic E-state index is 6.75. The van der Waals surface area contributed by atoms with Gasteiger partial charge < -0.3 is 13.4 Å². The lowest BCUT2D eigenvalue weighted by Gasteiger charge is -2.15. The zero-order valence-electron chi connectivity index (χ0n) is 52.2. The van der Waals surface area contributed by atoms with Crippen LogP contribution in [0.5, 0.6) is 0 Å². The molecule has 3 heterocycles. The number of hydrogen-bond acceptors (Lipinski definition) is 2. The quantitative estimate of drug-likeness (QED) is 0.153. The standard InChI is InChI=1S/C46H25NO.C29H16O.C18H11Br/c1-2-12-29-27(10-1)28-11-3-5-14-31(28)38-24-26(20-21-33(29)38)47-41-23-22-36-34-16-7-8-19-42(34)48-46(36)44(41)40-25-39-32-15-6-4-13-30(32)35-17-9-18-37(43(35)39)45(40)47;1-2-7-18-17(6-1)20-9-5-10-21-23-14-16-12-13-22-19-8-3-4-11-26(19)30-29(22)27(16)25(23)15-24(18)28(20)21;19-12-9-10-17-15-7-2-1-5-13(15)14-6-3-4-8-16(14)18(17)11-12/h1-25H;1-13,15H,14H2;1-11H. The fraction of sp³-hybridized carbons (Fsp3) is 0.0108. The molecule has 0 atom stereocenters. The lowest BCUT2D eigenvalue weighted by atomic mass is 9.94. The van der Waals surface area contributed by atoms with Gasteiger partial charge in [0.1, 0.15) is 22.3 Å². The van der Waals surface area contributed by atoms with Crippen molar-refractivity contribution in [3.63, 3.8) is 0 Å². The minimum absolute atomic E-state index is 0.919. The summed E-state index contributed by atoms with van der Waals surface area (Å²) < 4.78 is 16.8. The summed E-state index contributed by atoms with van der Waals surface area (Å²) in [6.07, 6.45) is 0.966. The van der Waals surface area contributed by atoms with E-state index in [-0.39, 0.29) is 0 Å². The highest BCUT2D eigenvalue weighted by molar-refractivity contribution is 9.10. The van der Waals surface area contributed by atoms with Gasteiger partial charge >= 0.3 is 0 Å². The molecule has 0 bridgehead atoms. The Balaban J connectivity index is 0.000000105. The Morgan fingerprint density at radius 2 is 0.670 bits per heavy atom. The lowest BCUT2D eigenvalue weighted by molar-refractivity contribution is 0.670. The molecule has 0 amide bonds. The Labute approximate surface area is 564 Å². The van der Waals surface area contributed by atoms with Gasteiger partial charge in [-0.25, -0.2) is 0 Å². The first-order valence-electron chi connectivity index (χ1n) is 33.4. The molecule has 0 unspecified atom stereocenters. The molecule has 3 aliphatic rings. The first-order chi connectivity index (χ1) is 48.1. The normalized spacial score (nSPS) is 12.5. The summed E-state index contributed by atoms with van der Waals surface area (Å²) in [5, 5.41) is 28.1. The molecule has 24 rings (SSSR count). The van der Waals surface area contributed by atoms with E-state index in [1.165, 1.54) is 175 Å².